The summed E-state index contributed by atoms with van der Waals surface area (Å²) >= 11 is 1.84. The highest BCUT2D eigenvalue weighted by Crippen LogP contribution is 2.40. The lowest BCUT2D eigenvalue weighted by molar-refractivity contribution is -0.139. The van der Waals surface area contributed by atoms with Crippen LogP contribution in [0.15, 0.2) is 35.7 Å². The minimum Gasteiger partial charge on any atom is -0.341 e. The molecule has 0 bridgehead atoms. The number of aryl methyl sites for hydroxylation is 1. The molecule has 5 nitrogen and oxygen atoms in total. The van der Waals surface area contributed by atoms with E-state index in [2.05, 4.69) is 54.5 Å². The fraction of sp³-hybridized carbons (Fsp3) is 0.586. The molecule has 2 atom stereocenters. The second-order valence-electron chi connectivity index (χ2n) is 10.6. The van der Waals surface area contributed by atoms with Gasteiger partial charge in [-0.3, -0.25) is 14.5 Å². The summed E-state index contributed by atoms with van der Waals surface area (Å²) in [5, 5.41) is 2.19. The molecule has 0 spiro atoms. The monoisotopic (exact) mass is 493 g/mol. The van der Waals surface area contributed by atoms with Crippen LogP contribution in [-0.2, 0) is 16.0 Å². The van der Waals surface area contributed by atoms with E-state index < -0.39 is 0 Å². The number of thiophene rings is 1. The second-order valence-corrected chi connectivity index (χ2v) is 11.6. The molecule has 2 aromatic rings. The quantitative estimate of drug-likeness (QED) is 0.600. The third-order valence-corrected chi connectivity index (χ3v) is 9.41. The third-order valence-electron chi connectivity index (χ3n) is 8.41. The molecule has 2 aliphatic heterocycles. The van der Waals surface area contributed by atoms with Gasteiger partial charge in [-0.2, -0.15) is 0 Å². The molecule has 0 unspecified atom stereocenters. The first kappa shape index (κ1) is 24.5. The van der Waals surface area contributed by atoms with Crippen LogP contribution in [0.5, 0.6) is 0 Å². The number of carbonyl (C=O) groups is 2. The van der Waals surface area contributed by atoms with E-state index in [1.54, 1.807) is 0 Å². The predicted octanol–water partition coefficient (Wildman–Crippen LogP) is 5.03. The molecule has 0 N–H and O–H groups in total. The average Bonchev–Trinajstić information content (AvgIpc) is 3.24. The van der Waals surface area contributed by atoms with Gasteiger partial charge in [-0.05, 0) is 67.7 Å². The summed E-state index contributed by atoms with van der Waals surface area (Å²) in [6.45, 7) is 7.98. The molecule has 35 heavy (non-hydrogen) atoms. The lowest BCUT2D eigenvalue weighted by atomic mass is 9.88. The van der Waals surface area contributed by atoms with E-state index in [0.29, 0.717) is 19.0 Å². The largest absolute Gasteiger partial charge is 0.341 e. The lowest BCUT2D eigenvalue weighted by Gasteiger charge is -2.41. The van der Waals surface area contributed by atoms with Gasteiger partial charge in [0, 0.05) is 43.5 Å². The van der Waals surface area contributed by atoms with Gasteiger partial charge in [0.25, 0.3) is 0 Å². The highest BCUT2D eigenvalue weighted by molar-refractivity contribution is 7.10. The number of nitrogens with zero attached hydrogens (tertiary/aromatic N) is 3. The average molecular weight is 494 g/mol. The SMILES string of the molecule is Cc1ccccc1[C@H]1c2ccsc2CCN1[C@@H](C)C(=O)N1CCCN(C(=O)C2CCCCC2)CC1. The Kier molecular flexibility index (Phi) is 7.59. The molecule has 1 saturated carbocycles. The highest BCUT2D eigenvalue weighted by Gasteiger charge is 2.37. The Morgan fingerprint density at radius 1 is 0.886 bits per heavy atom. The number of carbonyl (C=O) groups excluding carboxylic acids is 2. The molecule has 6 heteroatoms. The van der Waals surface area contributed by atoms with Crippen molar-refractivity contribution in [2.75, 3.05) is 32.7 Å². The maximum absolute atomic E-state index is 13.8. The van der Waals surface area contributed by atoms with Gasteiger partial charge in [0.1, 0.15) is 0 Å². The van der Waals surface area contributed by atoms with Crippen molar-refractivity contribution in [3.63, 3.8) is 0 Å². The first-order valence-electron chi connectivity index (χ1n) is 13.5. The molecule has 3 heterocycles. The molecule has 1 saturated heterocycles. The third kappa shape index (κ3) is 5.05. The van der Waals surface area contributed by atoms with Crippen LogP contribution in [-0.4, -0.2) is 65.3 Å². The zero-order chi connectivity index (χ0) is 24.4. The molecule has 2 fully saturated rings. The Morgan fingerprint density at radius 3 is 2.43 bits per heavy atom. The van der Waals surface area contributed by atoms with Crippen molar-refractivity contribution in [3.8, 4) is 0 Å². The van der Waals surface area contributed by atoms with Crippen LogP contribution in [0.1, 0.15) is 73.1 Å². The van der Waals surface area contributed by atoms with Gasteiger partial charge in [0.2, 0.25) is 11.8 Å². The molecule has 1 aromatic carbocycles. The molecule has 2 amide bonds. The van der Waals surface area contributed by atoms with Crippen LogP contribution in [0.4, 0.5) is 0 Å². The zero-order valence-electron chi connectivity index (χ0n) is 21.2. The number of fused-ring (bicyclic) bond motifs is 1. The summed E-state index contributed by atoms with van der Waals surface area (Å²) in [4.78, 5) is 34.9. The van der Waals surface area contributed by atoms with Crippen molar-refractivity contribution in [2.24, 2.45) is 5.92 Å². The highest BCUT2D eigenvalue weighted by atomic mass is 32.1. The zero-order valence-corrected chi connectivity index (χ0v) is 22.1. The maximum Gasteiger partial charge on any atom is 0.239 e. The predicted molar refractivity (Wildman–Crippen MR) is 142 cm³/mol. The van der Waals surface area contributed by atoms with Crippen LogP contribution >= 0.6 is 11.3 Å². The minimum atomic E-state index is -0.201. The van der Waals surface area contributed by atoms with Gasteiger partial charge in [-0.1, -0.05) is 43.5 Å². The van der Waals surface area contributed by atoms with Crippen LogP contribution in [0.3, 0.4) is 0 Å². The number of hydrogen-bond donors (Lipinski definition) is 0. The first-order valence-corrected chi connectivity index (χ1v) is 14.4. The fourth-order valence-electron chi connectivity index (χ4n) is 6.36. The standard InChI is InChI=1S/C29H39N3O2S/c1-21-9-6-7-12-24(21)27-25-14-20-35-26(25)13-17-32(27)22(2)28(33)30-15-8-16-31(19-18-30)29(34)23-10-4-3-5-11-23/h6-7,9,12,14,20,22-23,27H,3-5,8,10-11,13,15-19H2,1-2H3/t22-,27-/m0/s1. The molecule has 5 rings (SSSR count). The molecule has 1 aliphatic carbocycles. The minimum absolute atomic E-state index is 0.113. The molecular weight excluding hydrogens is 454 g/mol. The smallest absolute Gasteiger partial charge is 0.239 e. The number of benzene rings is 1. The number of hydrogen-bond acceptors (Lipinski definition) is 4. The van der Waals surface area contributed by atoms with Crippen LogP contribution in [0.2, 0.25) is 0 Å². The van der Waals surface area contributed by atoms with E-state index in [9.17, 15) is 9.59 Å². The Hall–Kier alpha value is -2.18. The van der Waals surface area contributed by atoms with Gasteiger partial charge in [-0.15, -0.1) is 11.3 Å². The Labute approximate surface area is 214 Å². The van der Waals surface area contributed by atoms with E-state index >= 15 is 0 Å². The Balaban J connectivity index is 1.30. The van der Waals surface area contributed by atoms with Gasteiger partial charge in [0.05, 0.1) is 12.1 Å². The summed E-state index contributed by atoms with van der Waals surface area (Å²) in [5.74, 6) is 0.731. The lowest BCUT2D eigenvalue weighted by Crippen LogP contribution is -2.51. The van der Waals surface area contributed by atoms with Crippen molar-refractivity contribution < 1.29 is 9.59 Å². The normalized spacial score (nSPS) is 23.0. The Morgan fingerprint density at radius 2 is 1.63 bits per heavy atom. The van der Waals surface area contributed by atoms with E-state index in [1.165, 1.54) is 40.8 Å². The summed E-state index contributed by atoms with van der Waals surface area (Å²) in [5.41, 5.74) is 3.93. The van der Waals surface area contributed by atoms with Crippen LogP contribution < -0.4 is 0 Å². The van der Waals surface area contributed by atoms with Crippen LogP contribution in [0.25, 0.3) is 0 Å². The topological polar surface area (TPSA) is 43.9 Å². The Bertz CT molecular complexity index is 1040. The van der Waals surface area contributed by atoms with Gasteiger partial charge in [-0.25, -0.2) is 0 Å². The van der Waals surface area contributed by atoms with E-state index in [-0.39, 0.29) is 23.9 Å². The molecule has 1 aromatic heterocycles. The van der Waals surface area contributed by atoms with Gasteiger partial charge < -0.3 is 9.80 Å². The van der Waals surface area contributed by atoms with Crippen LogP contribution in [0, 0.1) is 12.8 Å². The van der Waals surface area contributed by atoms with Crippen molar-refractivity contribution in [1.82, 2.24) is 14.7 Å². The molecule has 188 valence electrons. The summed E-state index contributed by atoms with van der Waals surface area (Å²) in [7, 11) is 0. The molecular formula is C29H39N3O2S. The summed E-state index contributed by atoms with van der Waals surface area (Å²) < 4.78 is 0. The number of amides is 2. The van der Waals surface area contributed by atoms with Gasteiger partial charge in [0.15, 0.2) is 0 Å². The van der Waals surface area contributed by atoms with Crippen molar-refractivity contribution in [3.05, 3.63) is 57.3 Å². The molecule has 0 radical (unpaired) electrons. The fourth-order valence-corrected chi connectivity index (χ4v) is 7.27. The van der Waals surface area contributed by atoms with Gasteiger partial charge >= 0.3 is 0 Å². The van der Waals surface area contributed by atoms with Crippen molar-refractivity contribution >= 4 is 23.2 Å². The van der Waals surface area contributed by atoms with E-state index in [1.807, 2.05) is 21.1 Å². The van der Waals surface area contributed by atoms with Crippen molar-refractivity contribution in [2.45, 2.75) is 70.9 Å². The first-order chi connectivity index (χ1) is 17.0. The summed E-state index contributed by atoms with van der Waals surface area (Å²) in [6, 6.07) is 10.8. The van der Waals surface area contributed by atoms with E-state index in [0.717, 1.165) is 45.3 Å². The second kappa shape index (κ2) is 10.8. The van der Waals surface area contributed by atoms with E-state index in [4.69, 9.17) is 0 Å². The molecule has 3 aliphatic rings. The van der Waals surface area contributed by atoms with Crippen molar-refractivity contribution in [1.29, 1.82) is 0 Å². The maximum atomic E-state index is 13.8. The number of rotatable bonds is 4. The summed E-state index contributed by atoms with van der Waals surface area (Å²) in [6.07, 6.45) is 7.55.